The maximum absolute atomic E-state index is 12.3. The van der Waals surface area contributed by atoms with Crippen LogP contribution in [-0.2, 0) is 4.74 Å². The lowest BCUT2D eigenvalue weighted by Gasteiger charge is -2.26. The van der Waals surface area contributed by atoms with Gasteiger partial charge in [-0.3, -0.25) is 9.69 Å². The predicted molar refractivity (Wildman–Crippen MR) is 89.3 cm³/mol. The molecule has 0 atom stereocenters. The van der Waals surface area contributed by atoms with Gasteiger partial charge in [-0.2, -0.15) is 0 Å². The Morgan fingerprint density at radius 1 is 1.32 bits per heavy atom. The van der Waals surface area contributed by atoms with E-state index < -0.39 is 5.97 Å². The zero-order chi connectivity index (χ0) is 17.8. The topological polar surface area (TPSA) is 101 Å². The van der Waals surface area contributed by atoms with Gasteiger partial charge in [0, 0.05) is 31.6 Å². The summed E-state index contributed by atoms with van der Waals surface area (Å²) >= 11 is 0. The van der Waals surface area contributed by atoms with Crippen molar-refractivity contribution in [3.8, 4) is 5.75 Å². The molecule has 0 radical (unpaired) electrons. The Kier molecular flexibility index (Phi) is 5.20. The molecule has 1 saturated heterocycles. The summed E-state index contributed by atoms with van der Waals surface area (Å²) < 4.78 is 16.0. The van der Waals surface area contributed by atoms with Gasteiger partial charge in [0.05, 0.1) is 25.9 Å². The second-order valence-corrected chi connectivity index (χ2v) is 5.68. The van der Waals surface area contributed by atoms with Crippen molar-refractivity contribution in [1.82, 2.24) is 10.2 Å². The number of nitrogens with one attached hydrogen (secondary N) is 1. The highest BCUT2D eigenvalue weighted by Crippen LogP contribution is 2.31. The van der Waals surface area contributed by atoms with Crippen molar-refractivity contribution < 1.29 is 28.6 Å². The number of fused-ring (bicyclic) bond motifs is 1. The van der Waals surface area contributed by atoms with Crippen molar-refractivity contribution in [2.24, 2.45) is 0 Å². The average molecular weight is 348 g/mol. The Hall–Kier alpha value is -2.58. The summed E-state index contributed by atoms with van der Waals surface area (Å²) in [6.45, 7) is 4.29. The number of carbonyl (C=O) groups is 2. The number of methoxy groups -OCH3 is 1. The van der Waals surface area contributed by atoms with Gasteiger partial charge in [0.1, 0.15) is 0 Å². The minimum Gasteiger partial charge on any atom is -0.493 e. The molecule has 1 aromatic heterocycles. The van der Waals surface area contributed by atoms with E-state index in [4.69, 9.17) is 13.9 Å². The first kappa shape index (κ1) is 17.2. The van der Waals surface area contributed by atoms with E-state index in [2.05, 4.69) is 10.2 Å². The summed E-state index contributed by atoms with van der Waals surface area (Å²) in [5, 5.41) is 12.4. The van der Waals surface area contributed by atoms with Gasteiger partial charge >= 0.3 is 5.97 Å². The van der Waals surface area contributed by atoms with E-state index in [0.29, 0.717) is 30.9 Å². The van der Waals surface area contributed by atoms with Crippen LogP contribution in [0.2, 0.25) is 0 Å². The average Bonchev–Trinajstić information content (AvgIpc) is 3.06. The lowest BCUT2D eigenvalue weighted by atomic mass is 10.1. The van der Waals surface area contributed by atoms with Crippen molar-refractivity contribution >= 4 is 22.8 Å². The summed E-state index contributed by atoms with van der Waals surface area (Å²) in [6, 6.07) is 4.37. The van der Waals surface area contributed by atoms with Gasteiger partial charge in [-0.25, -0.2) is 4.79 Å². The molecule has 2 aromatic rings. The molecular formula is C17H20N2O6. The third-order valence-corrected chi connectivity index (χ3v) is 4.14. The van der Waals surface area contributed by atoms with Crippen LogP contribution in [0, 0.1) is 0 Å². The van der Waals surface area contributed by atoms with Gasteiger partial charge in [-0.05, 0) is 18.2 Å². The molecule has 1 aliphatic heterocycles. The summed E-state index contributed by atoms with van der Waals surface area (Å²) in [7, 11) is 1.46. The lowest BCUT2D eigenvalue weighted by molar-refractivity contribution is 0.0382. The largest absolute Gasteiger partial charge is 0.493 e. The molecular weight excluding hydrogens is 328 g/mol. The number of morpholine rings is 1. The van der Waals surface area contributed by atoms with E-state index >= 15 is 0 Å². The molecule has 2 heterocycles. The molecule has 0 saturated carbocycles. The molecule has 0 bridgehead atoms. The van der Waals surface area contributed by atoms with E-state index in [-0.39, 0.29) is 22.8 Å². The van der Waals surface area contributed by atoms with Gasteiger partial charge in [0.25, 0.3) is 5.91 Å². The van der Waals surface area contributed by atoms with Crippen LogP contribution in [0.3, 0.4) is 0 Å². The van der Waals surface area contributed by atoms with Crippen molar-refractivity contribution in [3.63, 3.8) is 0 Å². The lowest BCUT2D eigenvalue weighted by Crippen LogP contribution is -2.41. The Balaban J connectivity index is 1.72. The number of carbonyl (C=O) groups excluding carboxylic acids is 1. The number of nitrogens with zero attached hydrogens (tertiary/aromatic N) is 1. The summed E-state index contributed by atoms with van der Waals surface area (Å²) in [4.78, 5) is 25.8. The second-order valence-electron chi connectivity index (χ2n) is 5.68. The van der Waals surface area contributed by atoms with Crippen LogP contribution in [0.15, 0.2) is 22.6 Å². The van der Waals surface area contributed by atoms with Gasteiger partial charge in [-0.1, -0.05) is 0 Å². The number of carboxylic acids is 1. The molecule has 1 aromatic carbocycles. The van der Waals surface area contributed by atoms with Crippen LogP contribution >= 0.6 is 0 Å². The van der Waals surface area contributed by atoms with Crippen molar-refractivity contribution in [3.05, 3.63) is 29.5 Å². The van der Waals surface area contributed by atoms with Crippen LogP contribution in [-0.4, -0.2) is 68.4 Å². The SMILES string of the molecule is COc1ccc(C(=O)O)c2cc(C(=O)NCCN3CCOCC3)oc12. The fraction of sp³-hybridized carbons (Fsp3) is 0.412. The highest BCUT2D eigenvalue weighted by Gasteiger charge is 2.20. The summed E-state index contributed by atoms with van der Waals surface area (Å²) in [5.41, 5.74) is 0.313. The standard InChI is InChI=1S/C17H20N2O6/c1-23-13-3-2-11(17(21)22)12-10-14(25-15(12)13)16(20)18-4-5-19-6-8-24-9-7-19/h2-3,10H,4-9H2,1H3,(H,18,20)(H,21,22). The Morgan fingerprint density at radius 2 is 2.08 bits per heavy atom. The highest BCUT2D eigenvalue weighted by molar-refractivity contribution is 6.06. The molecule has 1 aliphatic rings. The van der Waals surface area contributed by atoms with Crippen LogP contribution in [0.25, 0.3) is 11.0 Å². The molecule has 25 heavy (non-hydrogen) atoms. The highest BCUT2D eigenvalue weighted by atomic mass is 16.5. The number of hydrogen-bond acceptors (Lipinski definition) is 6. The number of amides is 1. The first-order chi connectivity index (χ1) is 12.1. The van der Waals surface area contributed by atoms with E-state index in [9.17, 15) is 14.7 Å². The fourth-order valence-electron chi connectivity index (χ4n) is 2.80. The molecule has 3 rings (SSSR count). The Morgan fingerprint density at radius 3 is 2.76 bits per heavy atom. The summed E-state index contributed by atoms with van der Waals surface area (Å²) in [6.07, 6.45) is 0. The number of ether oxygens (including phenoxy) is 2. The molecule has 8 nitrogen and oxygen atoms in total. The van der Waals surface area contributed by atoms with Gasteiger partial charge in [0.2, 0.25) is 0 Å². The van der Waals surface area contributed by atoms with Crippen LogP contribution < -0.4 is 10.1 Å². The van der Waals surface area contributed by atoms with Crippen LogP contribution in [0.4, 0.5) is 0 Å². The van der Waals surface area contributed by atoms with Crippen molar-refractivity contribution in [2.45, 2.75) is 0 Å². The third kappa shape index (κ3) is 3.75. The molecule has 1 amide bonds. The number of rotatable bonds is 6. The monoisotopic (exact) mass is 348 g/mol. The van der Waals surface area contributed by atoms with E-state index in [1.165, 1.54) is 25.3 Å². The zero-order valence-electron chi connectivity index (χ0n) is 13.9. The molecule has 134 valence electrons. The van der Waals surface area contributed by atoms with Gasteiger partial charge in [-0.15, -0.1) is 0 Å². The maximum Gasteiger partial charge on any atom is 0.336 e. The van der Waals surface area contributed by atoms with Crippen LogP contribution in [0.1, 0.15) is 20.9 Å². The zero-order valence-corrected chi connectivity index (χ0v) is 13.9. The smallest absolute Gasteiger partial charge is 0.336 e. The van der Waals surface area contributed by atoms with E-state index in [0.717, 1.165) is 19.6 Å². The number of furan rings is 1. The quantitative estimate of drug-likeness (QED) is 0.809. The maximum atomic E-state index is 12.3. The van der Waals surface area contributed by atoms with Gasteiger partial charge in [0.15, 0.2) is 17.1 Å². The predicted octanol–water partition coefficient (Wildman–Crippen LogP) is 1.20. The number of carboxylic acid groups (broad SMARTS) is 1. The minimum absolute atomic E-state index is 0.0592. The van der Waals surface area contributed by atoms with E-state index in [1.54, 1.807) is 0 Å². The van der Waals surface area contributed by atoms with Crippen molar-refractivity contribution in [2.75, 3.05) is 46.5 Å². The van der Waals surface area contributed by atoms with Crippen LogP contribution in [0.5, 0.6) is 5.75 Å². The number of aromatic carboxylic acids is 1. The molecule has 0 spiro atoms. The molecule has 0 aliphatic carbocycles. The molecule has 1 fully saturated rings. The van der Waals surface area contributed by atoms with E-state index in [1.807, 2.05) is 0 Å². The molecule has 8 heteroatoms. The molecule has 2 N–H and O–H groups in total. The Bertz CT molecular complexity index is 779. The van der Waals surface area contributed by atoms with Crippen molar-refractivity contribution in [1.29, 1.82) is 0 Å². The second kappa shape index (κ2) is 7.54. The first-order valence-electron chi connectivity index (χ1n) is 8.02. The minimum atomic E-state index is -1.09. The fourth-order valence-corrected chi connectivity index (χ4v) is 2.80. The first-order valence-corrected chi connectivity index (χ1v) is 8.02. The van der Waals surface area contributed by atoms with Gasteiger partial charge < -0.3 is 24.3 Å². The normalized spacial score (nSPS) is 15.2. The third-order valence-electron chi connectivity index (χ3n) is 4.14. The Labute approximate surface area is 144 Å². The number of hydrogen-bond donors (Lipinski definition) is 2. The summed E-state index contributed by atoms with van der Waals surface area (Å²) in [5.74, 6) is -1.04. The number of benzene rings is 1. The molecule has 0 unspecified atom stereocenters.